The van der Waals surface area contributed by atoms with E-state index in [0.717, 1.165) is 6.07 Å². The predicted molar refractivity (Wildman–Crippen MR) is 98.2 cm³/mol. The van der Waals surface area contributed by atoms with Crippen LogP contribution in [0.5, 0.6) is 5.75 Å². The lowest BCUT2D eigenvalue weighted by molar-refractivity contribution is -0.0758. The minimum absolute atomic E-state index is 0.0120. The third kappa shape index (κ3) is 2.77. The topological polar surface area (TPSA) is 93.0 Å². The molecule has 154 valence electrons. The number of sulfonamides is 1. The smallest absolute Gasteiger partial charge is 0.280 e. The maximum absolute atomic E-state index is 13.9. The first kappa shape index (κ1) is 18.6. The number of ether oxygens (including phenoxy) is 1. The summed E-state index contributed by atoms with van der Waals surface area (Å²) in [5.41, 5.74) is 0.00989. The molecule has 2 aromatic rings. The molecule has 1 amide bonds. The number of amides is 1. The normalized spacial score (nSPS) is 24.4. The van der Waals surface area contributed by atoms with Crippen LogP contribution in [0.3, 0.4) is 0 Å². The Morgan fingerprint density at radius 2 is 1.97 bits per heavy atom. The first-order valence-corrected chi connectivity index (χ1v) is 10.9. The zero-order valence-corrected chi connectivity index (χ0v) is 16.6. The van der Waals surface area contributed by atoms with E-state index in [4.69, 9.17) is 9.26 Å². The van der Waals surface area contributed by atoms with Crippen molar-refractivity contribution in [3.05, 3.63) is 42.0 Å². The number of carbonyl (C=O) groups excluding carboxylic acids is 1. The van der Waals surface area contributed by atoms with Gasteiger partial charge < -0.3 is 14.2 Å². The van der Waals surface area contributed by atoms with E-state index in [2.05, 4.69) is 5.16 Å². The second kappa shape index (κ2) is 6.27. The third-order valence-corrected chi connectivity index (χ3v) is 7.96. The van der Waals surface area contributed by atoms with Gasteiger partial charge in [-0.25, -0.2) is 12.8 Å². The summed E-state index contributed by atoms with van der Waals surface area (Å²) in [4.78, 5) is 14.4. The average Bonchev–Trinajstić information content (AvgIpc) is 3.04. The minimum atomic E-state index is -3.85. The molecular formula is C19H20FN3O5S. The summed E-state index contributed by atoms with van der Waals surface area (Å²) in [6.45, 7) is 2.93. The van der Waals surface area contributed by atoms with Crippen LogP contribution in [-0.2, 0) is 10.0 Å². The van der Waals surface area contributed by atoms with Gasteiger partial charge in [-0.2, -0.15) is 4.31 Å². The molecule has 3 aliphatic rings. The summed E-state index contributed by atoms with van der Waals surface area (Å²) in [6, 6.07) is 5.27. The molecule has 1 atom stereocenters. The highest BCUT2D eigenvalue weighted by Crippen LogP contribution is 2.52. The molecule has 5 rings (SSSR count). The Bertz CT molecular complexity index is 1070. The van der Waals surface area contributed by atoms with Crippen LogP contribution in [0.25, 0.3) is 0 Å². The van der Waals surface area contributed by atoms with E-state index in [9.17, 15) is 17.6 Å². The number of hydrogen-bond acceptors (Lipinski definition) is 6. The van der Waals surface area contributed by atoms with Crippen molar-refractivity contribution < 1.29 is 26.9 Å². The molecule has 1 saturated carbocycles. The molecule has 8 nitrogen and oxygen atoms in total. The Kier molecular flexibility index (Phi) is 4.01. The van der Waals surface area contributed by atoms with Crippen molar-refractivity contribution in [3.63, 3.8) is 0 Å². The Morgan fingerprint density at radius 3 is 2.69 bits per heavy atom. The number of halogens is 1. The third-order valence-electron chi connectivity index (χ3n) is 6.14. The summed E-state index contributed by atoms with van der Waals surface area (Å²) in [6.07, 6.45) is 2.71. The monoisotopic (exact) mass is 421 g/mol. The van der Waals surface area contributed by atoms with E-state index in [1.54, 1.807) is 4.90 Å². The molecule has 2 fully saturated rings. The molecule has 0 radical (unpaired) electrons. The Labute approximate surface area is 167 Å². The Hall–Kier alpha value is -2.46. The van der Waals surface area contributed by atoms with Crippen LogP contribution in [-0.4, -0.2) is 60.5 Å². The van der Waals surface area contributed by atoms with Crippen molar-refractivity contribution in [1.29, 1.82) is 0 Å². The molecule has 2 aliphatic heterocycles. The van der Waals surface area contributed by atoms with Crippen LogP contribution in [0.4, 0.5) is 4.39 Å². The molecule has 1 saturated heterocycles. The quantitative estimate of drug-likeness (QED) is 0.752. The largest absolute Gasteiger partial charge is 0.486 e. The van der Waals surface area contributed by atoms with Gasteiger partial charge in [-0.05, 0) is 31.9 Å². The molecule has 0 bridgehead atoms. The molecule has 0 N–H and O–H groups in total. The van der Waals surface area contributed by atoms with E-state index < -0.39 is 15.8 Å². The van der Waals surface area contributed by atoms with Crippen molar-refractivity contribution in [2.75, 3.05) is 19.7 Å². The highest BCUT2D eigenvalue weighted by atomic mass is 32.2. The zero-order valence-electron chi connectivity index (χ0n) is 15.7. The molecule has 0 unspecified atom stereocenters. The van der Waals surface area contributed by atoms with E-state index in [1.165, 1.54) is 28.8 Å². The van der Waals surface area contributed by atoms with Gasteiger partial charge in [0.2, 0.25) is 15.7 Å². The average molecular weight is 421 g/mol. The van der Waals surface area contributed by atoms with Crippen LogP contribution >= 0.6 is 0 Å². The number of fused-ring (bicyclic) bond motifs is 1. The maximum atomic E-state index is 13.9. The highest BCUT2D eigenvalue weighted by Gasteiger charge is 2.58. The first-order valence-electron chi connectivity index (χ1n) is 9.45. The molecule has 29 heavy (non-hydrogen) atoms. The molecular weight excluding hydrogens is 401 g/mol. The van der Waals surface area contributed by atoms with Gasteiger partial charge in [0, 0.05) is 24.5 Å². The lowest BCUT2D eigenvalue weighted by atomic mass is 9.61. The van der Waals surface area contributed by atoms with Crippen molar-refractivity contribution >= 4 is 15.9 Å². The van der Waals surface area contributed by atoms with Gasteiger partial charge >= 0.3 is 0 Å². The summed E-state index contributed by atoms with van der Waals surface area (Å²) in [5, 5.41) is 3.77. The molecule has 1 aliphatic carbocycles. The fourth-order valence-corrected chi connectivity index (χ4v) is 6.40. The zero-order chi connectivity index (χ0) is 20.4. The van der Waals surface area contributed by atoms with Crippen molar-refractivity contribution in [2.24, 2.45) is 5.41 Å². The standard InChI is InChI=1S/C19H20FN3O5S/c1-12-8-27-15-9-28-21-17(15)18(24)23(12)13-6-19(7-13)10-22(11-19)29(25,26)16-5-3-2-4-14(16)20/h2-5,9,12-13H,6-8,10-11H2,1H3/t12-/m1/s1. The van der Waals surface area contributed by atoms with E-state index in [0.29, 0.717) is 38.3 Å². The van der Waals surface area contributed by atoms with Crippen LogP contribution in [0, 0.1) is 11.2 Å². The van der Waals surface area contributed by atoms with Gasteiger partial charge in [0.15, 0.2) is 12.0 Å². The number of benzene rings is 1. The van der Waals surface area contributed by atoms with Gasteiger partial charge in [-0.1, -0.05) is 17.3 Å². The van der Waals surface area contributed by atoms with Gasteiger partial charge in [-0.15, -0.1) is 0 Å². The molecule has 10 heteroatoms. The summed E-state index contributed by atoms with van der Waals surface area (Å²) in [7, 11) is -3.85. The number of rotatable bonds is 3. The Balaban J connectivity index is 1.28. The fraction of sp³-hybridized carbons (Fsp3) is 0.474. The fourth-order valence-electron chi connectivity index (χ4n) is 4.67. The number of hydrogen-bond donors (Lipinski definition) is 0. The van der Waals surface area contributed by atoms with Gasteiger partial charge in [0.25, 0.3) is 5.91 Å². The van der Waals surface area contributed by atoms with Crippen LogP contribution in [0.15, 0.2) is 39.9 Å². The number of nitrogens with zero attached hydrogens (tertiary/aromatic N) is 3. The second-order valence-corrected chi connectivity index (χ2v) is 10.1. The molecule has 1 spiro atoms. The SMILES string of the molecule is C[C@@H]1COc2conc2C(=O)N1C1CC2(C1)CN(S(=O)(=O)c1ccccc1F)C2. The highest BCUT2D eigenvalue weighted by molar-refractivity contribution is 7.89. The maximum Gasteiger partial charge on any atom is 0.280 e. The van der Waals surface area contributed by atoms with E-state index >= 15 is 0 Å². The van der Waals surface area contributed by atoms with Crippen molar-refractivity contribution in [2.45, 2.75) is 36.7 Å². The lowest BCUT2D eigenvalue weighted by Gasteiger charge is -2.60. The molecule has 1 aromatic carbocycles. The van der Waals surface area contributed by atoms with Gasteiger partial charge in [0.05, 0.1) is 6.04 Å². The van der Waals surface area contributed by atoms with Crippen LogP contribution in [0.1, 0.15) is 30.3 Å². The molecule has 3 heterocycles. The van der Waals surface area contributed by atoms with Crippen molar-refractivity contribution in [3.8, 4) is 5.75 Å². The van der Waals surface area contributed by atoms with Crippen LogP contribution < -0.4 is 4.74 Å². The number of aromatic nitrogens is 1. The second-order valence-electron chi connectivity index (χ2n) is 8.17. The van der Waals surface area contributed by atoms with Crippen molar-refractivity contribution in [1.82, 2.24) is 14.4 Å². The summed E-state index contributed by atoms with van der Waals surface area (Å²) >= 11 is 0. The van der Waals surface area contributed by atoms with E-state index in [1.807, 2.05) is 6.92 Å². The Morgan fingerprint density at radius 1 is 1.24 bits per heavy atom. The number of carbonyl (C=O) groups is 1. The predicted octanol–water partition coefficient (Wildman–Crippen LogP) is 1.89. The molecule has 1 aromatic heterocycles. The summed E-state index contributed by atoms with van der Waals surface area (Å²) in [5.74, 6) is -0.620. The minimum Gasteiger partial charge on any atom is -0.486 e. The lowest BCUT2D eigenvalue weighted by Crippen LogP contribution is -2.68. The summed E-state index contributed by atoms with van der Waals surface area (Å²) < 4.78 is 51.1. The van der Waals surface area contributed by atoms with Gasteiger partial charge in [-0.3, -0.25) is 4.79 Å². The van der Waals surface area contributed by atoms with Crippen LogP contribution in [0.2, 0.25) is 0 Å². The van der Waals surface area contributed by atoms with Gasteiger partial charge in [0.1, 0.15) is 17.3 Å². The first-order chi connectivity index (χ1) is 13.8. The van der Waals surface area contributed by atoms with E-state index in [-0.39, 0.29) is 34.0 Å².